The Morgan fingerprint density at radius 3 is 2.82 bits per heavy atom. The Kier molecular flexibility index (Phi) is 3.74. The largest absolute Gasteiger partial charge is 0.468 e. The number of hydrogen-bond acceptors (Lipinski definition) is 5. The number of nitriles is 1. The molecule has 86 valence electrons. The van der Waals surface area contributed by atoms with Crippen molar-refractivity contribution in [2.24, 2.45) is 0 Å². The molecule has 0 N–H and O–H groups in total. The highest BCUT2D eigenvalue weighted by atomic mass is 16.5. The van der Waals surface area contributed by atoms with E-state index in [0.29, 0.717) is 0 Å². The number of esters is 1. The Labute approximate surface area is 98.7 Å². The maximum Gasteiger partial charge on any atom is 0.328 e. The first-order valence-electron chi connectivity index (χ1n) is 4.72. The summed E-state index contributed by atoms with van der Waals surface area (Å²) in [5.74, 6) is -0.680. The molecular formula is C11H10N4O2. The van der Waals surface area contributed by atoms with Crippen molar-refractivity contribution in [2.45, 2.75) is 18.4 Å². The lowest BCUT2D eigenvalue weighted by atomic mass is 9.80. The van der Waals surface area contributed by atoms with Gasteiger partial charge < -0.3 is 4.74 Å². The SMILES string of the molecule is [C-]#[N+]C(C#N)C(C)(C(=O)OC)c1cnccn1. The molecule has 0 saturated carbocycles. The Balaban J connectivity index is 3.37. The summed E-state index contributed by atoms with van der Waals surface area (Å²) in [5.41, 5.74) is -1.19. The molecule has 17 heavy (non-hydrogen) atoms. The third-order valence-corrected chi connectivity index (χ3v) is 2.50. The predicted molar refractivity (Wildman–Crippen MR) is 57.4 cm³/mol. The molecule has 0 amide bonds. The maximum absolute atomic E-state index is 11.8. The molecule has 1 aromatic rings. The number of hydrogen-bond donors (Lipinski definition) is 0. The molecule has 0 aliphatic rings. The van der Waals surface area contributed by atoms with Crippen molar-refractivity contribution >= 4 is 5.97 Å². The fraction of sp³-hybridized carbons (Fsp3) is 0.364. The van der Waals surface area contributed by atoms with Crippen molar-refractivity contribution in [3.8, 4) is 6.07 Å². The molecular weight excluding hydrogens is 220 g/mol. The molecule has 2 unspecified atom stereocenters. The van der Waals surface area contributed by atoms with Crippen molar-refractivity contribution in [2.75, 3.05) is 7.11 Å². The monoisotopic (exact) mass is 230 g/mol. The molecule has 0 aliphatic heterocycles. The van der Waals surface area contributed by atoms with Gasteiger partial charge in [0.2, 0.25) is 0 Å². The molecule has 0 aromatic carbocycles. The number of nitrogens with zero attached hydrogens (tertiary/aromatic N) is 4. The molecule has 1 aromatic heterocycles. The van der Waals surface area contributed by atoms with Gasteiger partial charge in [-0.2, -0.15) is 5.26 Å². The summed E-state index contributed by atoms with van der Waals surface area (Å²) >= 11 is 0. The number of ether oxygens (including phenoxy) is 1. The van der Waals surface area contributed by atoms with Crippen LogP contribution in [-0.2, 0) is 14.9 Å². The quantitative estimate of drug-likeness (QED) is 0.564. The smallest absolute Gasteiger partial charge is 0.328 e. The summed E-state index contributed by atoms with van der Waals surface area (Å²) < 4.78 is 4.65. The first kappa shape index (κ1) is 12.6. The van der Waals surface area contributed by atoms with Crippen molar-refractivity contribution in [3.63, 3.8) is 0 Å². The first-order chi connectivity index (χ1) is 8.11. The molecule has 0 aliphatic carbocycles. The van der Waals surface area contributed by atoms with E-state index < -0.39 is 17.4 Å². The van der Waals surface area contributed by atoms with Gasteiger partial charge in [-0.3, -0.25) is 19.6 Å². The second-order valence-electron chi connectivity index (χ2n) is 3.45. The van der Waals surface area contributed by atoms with Crippen LogP contribution in [0.4, 0.5) is 0 Å². The van der Waals surface area contributed by atoms with Gasteiger partial charge in [-0.15, -0.1) is 0 Å². The van der Waals surface area contributed by atoms with Crippen LogP contribution in [0.25, 0.3) is 4.85 Å². The van der Waals surface area contributed by atoms with Crippen LogP contribution in [0.2, 0.25) is 0 Å². The van der Waals surface area contributed by atoms with Gasteiger partial charge in [-0.25, -0.2) is 6.57 Å². The molecule has 0 fully saturated rings. The highest BCUT2D eigenvalue weighted by molar-refractivity contribution is 5.84. The lowest BCUT2D eigenvalue weighted by molar-refractivity contribution is -0.147. The zero-order valence-corrected chi connectivity index (χ0v) is 9.41. The number of aromatic nitrogens is 2. The molecule has 1 heterocycles. The molecule has 0 bridgehead atoms. The summed E-state index contributed by atoms with van der Waals surface area (Å²) in [6.07, 6.45) is 4.20. The van der Waals surface area contributed by atoms with Gasteiger partial charge >= 0.3 is 12.0 Å². The Hall–Kier alpha value is -2.47. The van der Waals surface area contributed by atoms with Gasteiger partial charge in [-0.05, 0) is 6.92 Å². The minimum absolute atomic E-state index is 0.245. The number of rotatable bonds is 3. The van der Waals surface area contributed by atoms with E-state index in [4.69, 9.17) is 11.8 Å². The second kappa shape index (κ2) is 5.04. The normalized spacial score (nSPS) is 14.8. The standard InChI is InChI=1S/C11H10N4O2/c1-11(10(16)17-3,8(6-12)13-2)9-7-14-4-5-15-9/h4-5,7-8H,1,3H3. The van der Waals surface area contributed by atoms with Gasteiger partial charge in [-0.1, -0.05) is 0 Å². The predicted octanol–water partition coefficient (Wildman–Crippen LogP) is 0.719. The zero-order valence-electron chi connectivity index (χ0n) is 9.41. The van der Waals surface area contributed by atoms with Crippen molar-refractivity contribution in [3.05, 3.63) is 35.7 Å². The van der Waals surface area contributed by atoms with Crippen molar-refractivity contribution in [1.82, 2.24) is 9.97 Å². The Morgan fingerprint density at radius 1 is 1.71 bits per heavy atom. The molecule has 6 heteroatoms. The lowest BCUT2D eigenvalue weighted by Gasteiger charge is -2.22. The zero-order chi connectivity index (χ0) is 12.9. The van der Waals surface area contributed by atoms with E-state index >= 15 is 0 Å². The van der Waals surface area contributed by atoms with Crippen LogP contribution in [-0.4, -0.2) is 29.1 Å². The van der Waals surface area contributed by atoms with E-state index in [1.807, 2.05) is 0 Å². The van der Waals surface area contributed by atoms with Crippen molar-refractivity contribution in [1.29, 1.82) is 5.26 Å². The minimum Gasteiger partial charge on any atom is -0.468 e. The Bertz CT molecular complexity index is 474. The second-order valence-corrected chi connectivity index (χ2v) is 3.45. The summed E-state index contributed by atoms with van der Waals surface area (Å²) in [7, 11) is 1.20. The summed E-state index contributed by atoms with van der Waals surface area (Å²) in [4.78, 5) is 22.8. The molecule has 0 radical (unpaired) electrons. The average molecular weight is 230 g/mol. The van der Waals surface area contributed by atoms with Crippen LogP contribution in [0.15, 0.2) is 18.6 Å². The summed E-state index contributed by atoms with van der Waals surface area (Å²) in [5, 5.41) is 8.95. The molecule has 6 nitrogen and oxygen atoms in total. The van der Waals surface area contributed by atoms with Crippen LogP contribution in [0.5, 0.6) is 0 Å². The van der Waals surface area contributed by atoms with E-state index in [9.17, 15) is 4.79 Å². The van der Waals surface area contributed by atoms with Crippen LogP contribution in [0.1, 0.15) is 12.6 Å². The highest BCUT2D eigenvalue weighted by Crippen LogP contribution is 2.29. The molecule has 0 spiro atoms. The summed E-state index contributed by atoms with van der Waals surface area (Å²) in [6, 6.07) is 0.581. The van der Waals surface area contributed by atoms with E-state index in [-0.39, 0.29) is 5.69 Å². The molecule has 1 rings (SSSR count). The maximum atomic E-state index is 11.8. The van der Waals surface area contributed by atoms with Crippen molar-refractivity contribution < 1.29 is 9.53 Å². The lowest BCUT2D eigenvalue weighted by Crippen LogP contribution is -2.43. The number of methoxy groups -OCH3 is 1. The van der Waals surface area contributed by atoms with E-state index in [1.54, 1.807) is 6.07 Å². The molecule has 0 saturated heterocycles. The van der Waals surface area contributed by atoms with E-state index in [0.717, 1.165) is 0 Å². The van der Waals surface area contributed by atoms with Crippen LogP contribution < -0.4 is 0 Å². The van der Waals surface area contributed by atoms with Gasteiger partial charge in [0.1, 0.15) is 0 Å². The van der Waals surface area contributed by atoms with Crippen LogP contribution in [0.3, 0.4) is 0 Å². The number of carbonyl (C=O) groups excluding carboxylic acids is 1. The number of carbonyl (C=O) groups is 1. The van der Waals surface area contributed by atoms with Gasteiger partial charge in [0, 0.05) is 18.6 Å². The highest BCUT2D eigenvalue weighted by Gasteiger charge is 2.51. The van der Waals surface area contributed by atoms with E-state index in [1.165, 1.54) is 32.6 Å². The summed E-state index contributed by atoms with van der Waals surface area (Å²) in [6.45, 7) is 8.43. The van der Waals surface area contributed by atoms with Gasteiger partial charge in [0.25, 0.3) is 0 Å². The Morgan fingerprint density at radius 2 is 2.41 bits per heavy atom. The van der Waals surface area contributed by atoms with E-state index in [2.05, 4.69) is 19.5 Å². The topological polar surface area (TPSA) is 80.2 Å². The average Bonchev–Trinajstić information content (AvgIpc) is 2.39. The first-order valence-corrected chi connectivity index (χ1v) is 4.72. The fourth-order valence-electron chi connectivity index (χ4n) is 1.42. The third kappa shape index (κ3) is 2.06. The van der Waals surface area contributed by atoms with Crippen LogP contribution in [0, 0.1) is 17.9 Å². The van der Waals surface area contributed by atoms with Crippen LogP contribution >= 0.6 is 0 Å². The van der Waals surface area contributed by atoms with Gasteiger partial charge in [0.15, 0.2) is 11.5 Å². The fourth-order valence-corrected chi connectivity index (χ4v) is 1.42. The van der Waals surface area contributed by atoms with Gasteiger partial charge in [0.05, 0.1) is 12.8 Å². The minimum atomic E-state index is -1.43. The molecule has 2 atom stereocenters. The third-order valence-electron chi connectivity index (χ3n) is 2.50.